The topological polar surface area (TPSA) is 189 Å². The van der Waals surface area contributed by atoms with Gasteiger partial charge >= 0.3 is 6.09 Å². The van der Waals surface area contributed by atoms with Gasteiger partial charge in [-0.05, 0) is 53.8 Å². The molecule has 0 bridgehead atoms. The Morgan fingerprint density at radius 3 is 1.89 bits per heavy atom. The number of hydrogen-bond donors (Lipinski definition) is 6. The molecule has 3 aromatic carbocycles. The molecule has 0 fully saturated rings. The Morgan fingerprint density at radius 2 is 1.32 bits per heavy atom. The van der Waals surface area contributed by atoms with Gasteiger partial charge in [-0.25, -0.2) is 4.79 Å². The Hall–Kier alpha value is -5.23. The molecule has 1 aliphatic rings. The number of rotatable bonds is 12. The minimum absolute atomic E-state index is 0.0713. The normalized spacial score (nSPS) is 13.8. The summed E-state index contributed by atoms with van der Waals surface area (Å²) >= 11 is 0. The Kier molecular flexibility index (Phi) is 10.3. The first-order valence-corrected chi connectivity index (χ1v) is 14.1. The molecule has 5 amide bonds. The number of primary amides is 1. The van der Waals surface area contributed by atoms with E-state index in [1.165, 1.54) is 13.8 Å². The van der Waals surface area contributed by atoms with E-state index in [9.17, 15) is 24.0 Å². The third kappa shape index (κ3) is 7.78. The van der Waals surface area contributed by atoms with Crippen LogP contribution < -0.4 is 27.0 Å². The number of amides is 5. The summed E-state index contributed by atoms with van der Waals surface area (Å²) in [5.41, 5.74) is 10.6. The number of alkyl carbamates (subject to hydrolysis) is 1. The molecule has 0 spiro atoms. The van der Waals surface area contributed by atoms with E-state index in [2.05, 4.69) is 21.3 Å². The summed E-state index contributed by atoms with van der Waals surface area (Å²) in [7, 11) is 0. The lowest BCUT2D eigenvalue weighted by atomic mass is 9.98. The lowest BCUT2D eigenvalue weighted by Crippen LogP contribution is -2.55. The number of carbonyl (C=O) groups is 5. The van der Waals surface area contributed by atoms with Crippen molar-refractivity contribution in [2.75, 3.05) is 11.9 Å². The summed E-state index contributed by atoms with van der Waals surface area (Å²) in [4.78, 5) is 62.5. The molecule has 4 rings (SSSR count). The van der Waals surface area contributed by atoms with Gasteiger partial charge in [0.15, 0.2) is 0 Å². The van der Waals surface area contributed by atoms with Crippen molar-refractivity contribution in [1.82, 2.24) is 16.0 Å². The van der Waals surface area contributed by atoms with Crippen molar-refractivity contribution in [1.29, 1.82) is 0 Å². The van der Waals surface area contributed by atoms with Crippen LogP contribution in [0.25, 0.3) is 11.1 Å². The third-order valence-corrected chi connectivity index (χ3v) is 7.27. The van der Waals surface area contributed by atoms with Crippen LogP contribution in [0.5, 0.6) is 0 Å². The van der Waals surface area contributed by atoms with Gasteiger partial charge in [0, 0.05) is 11.6 Å². The van der Waals surface area contributed by atoms with E-state index in [-0.39, 0.29) is 19.1 Å². The predicted octanol–water partition coefficient (Wildman–Crippen LogP) is 1.91. The number of nitrogens with one attached hydrogen (secondary N) is 4. The largest absolute Gasteiger partial charge is 0.449 e. The number of carbonyl (C=O) groups excluding carboxylic acids is 5. The van der Waals surface area contributed by atoms with Gasteiger partial charge in [-0.15, -0.1) is 0 Å². The number of aliphatic hydroxyl groups excluding tert-OH is 1. The first-order chi connectivity index (χ1) is 21.1. The molecule has 3 atom stereocenters. The number of benzene rings is 3. The molecule has 0 saturated carbocycles. The maximum absolute atomic E-state index is 12.8. The highest BCUT2D eigenvalue weighted by Gasteiger charge is 2.30. The van der Waals surface area contributed by atoms with Gasteiger partial charge < -0.3 is 36.8 Å². The van der Waals surface area contributed by atoms with Crippen LogP contribution >= 0.6 is 0 Å². The van der Waals surface area contributed by atoms with Gasteiger partial charge in [0.2, 0.25) is 23.6 Å². The fourth-order valence-electron chi connectivity index (χ4n) is 4.92. The van der Waals surface area contributed by atoms with E-state index in [0.29, 0.717) is 11.3 Å². The SMILES string of the molecule is C[C@H](NC(=O)OCC1c2ccccc2-c2ccccc21)C(=O)N[C@@H](C)C(=O)N[C@@H](CC(N)=O)C(=O)Nc1ccc(CO)cc1. The molecule has 1 aliphatic carbocycles. The van der Waals surface area contributed by atoms with Crippen LogP contribution in [0.3, 0.4) is 0 Å². The van der Waals surface area contributed by atoms with Gasteiger partial charge in [-0.3, -0.25) is 19.2 Å². The van der Waals surface area contributed by atoms with E-state index in [1.54, 1.807) is 24.3 Å². The second kappa shape index (κ2) is 14.3. The highest BCUT2D eigenvalue weighted by atomic mass is 16.5. The van der Waals surface area contributed by atoms with E-state index >= 15 is 0 Å². The first kappa shape index (κ1) is 31.7. The van der Waals surface area contributed by atoms with Gasteiger partial charge in [0.1, 0.15) is 24.7 Å². The molecule has 0 saturated heterocycles. The fourth-order valence-corrected chi connectivity index (χ4v) is 4.92. The summed E-state index contributed by atoms with van der Waals surface area (Å²) in [6.45, 7) is 2.73. The standard InChI is InChI=1S/C32H35N5O7/c1-18(30(41)37-27(15-28(33)39)31(42)36-21-13-11-20(16-38)12-14-21)34-29(40)19(2)35-32(43)44-17-26-24-9-5-3-7-22(24)23-8-4-6-10-25(23)26/h3-14,18-19,26-27,38H,15-17H2,1-2H3,(H2,33,39)(H,34,40)(H,35,43)(H,36,42)(H,37,41)/t18-,19-,27-/m0/s1. The van der Waals surface area contributed by atoms with Crippen molar-refractivity contribution in [2.45, 2.75) is 50.9 Å². The van der Waals surface area contributed by atoms with Crippen LogP contribution in [0.4, 0.5) is 10.5 Å². The van der Waals surface area contributed by atoms with Crippen molar-refractivity contribution < 1.29 is 33.8 Å². The molecular weight excluding hydrogens is 566 g/mol. The molecule has 0 heterocycles. The zero-order valence-electron chi connectivity index (χ0n) is 24.3. The number of anilines is 1. The summed E-state index contributed by atoms with van der Waals surface area (Å²) in [6, 6.07) is 18.7. The van der Waals surface area contributed by atoms with Crippen molar-refractivity contribution >= 4 is 35.4 Å². The van der Waals surface area contributed by atoms with Crippen LogP contribution in [-0.4, -0.2) is 59.6 Å². The van der Waals surface area contributed by atoms with E-state index in [4.69, 9.17) is 15.6 Å². The highest BCUT2D eigenvalue weighted by Crippen LogP contribution is 2.44. The summed E-state index contributed by atoms with van der Waals surface area (Å²) in [6.07, 6.45) is -1.27. The number of nitrogens with two attached hydrogens (primary N) is 1. The molecule has 0 aliphatic heterocycles. The highest BCUT2D eigenvalue weighted by molar-refractivity contribution is 6.00. The van der Waals surface area contributed by atoms with Gasteiger partial charge in [-0.2, -0.15) is 0 Å². The van der Waals surface area contributed by atoms with Crippen molar-refractivity contribution in [3.05, 3.63) is 89.5 Å². The van der Waals surface area contributed by atoms with Gasteiger partial charge in [-0.1, -0.05) is 60.7 Å². The zero-order chi connectivity index (χ0) is 31.8. The number of fused-ring (bicyclic) bond motifs is 3. The van der Waals surface area contributed by atoms with Crippen LogP contribution in [-0.2, 0) is 30.5 Å². The smallest absolute Gasteiger partial charge is 0.407 e. The lowest BCUT2D eigenvalue weighted by Gasteiger charge is -2.22. The Bertz CT molecular complexity index is 1500. The Labute approximate surface area is 254 Å². The molecule has 3 aromatic rings. The molecule has 12 nitrogen and oxygen atoms in total. The average molecular weight is 602 g/mol. The molecule has 44 heavy (non-hydrogen) atoms. The first-order valence-electron chi connectivity index (χ1n) is 14.1. The second-order valence-corrected chi connectivity index (χ2v) is 10.5. The molecule has 0 radical (unpaired) electrons. The second-order valence-electron chi connectivity index (χ2n) is 10.5. The predicted molar refractivity (Wildman–Crippen MR) is 162 cm³/mol. The number of hydrogen-bond acceptors (Lipinski definition) is 7. The quantitative estimate of drug-likeness (QED) is 0.183. The van der Waals surface area contributed by atoms with Crippen LogP contribution in [0, 0.1) is 0 Å². The summed E-state index contributed by atoms with van der Waals surface area (Å²) < 4.78 is 5.48. The maximum Gasteiger partial charge on any atom is 0.407 e. The minimum atomic E-state index is -1.31. The average Bonchev–Trinajstić information content (AvgIpc) is 3.33. The van der Waals surface area contributed by atoms with E-state index < -0.39 is 54.3 Å². The zero-order valence-corrected chi connectivity index (χ0v) is 24.3. The molecule has 0 aromatic heterocycles. The van der Waals surface area contributed by atoms with Crippen molar-refractivity contribution in [2.24, 2.45) is 5.73 Å². The molecule has 7 N–H and O–H groups in total. The van der Waals surface area contributed by atoms with Gasteiger partial charge in [0.25, 0.3) is 0 Å². The molecular formula is C32H35N5O7. The maximum atomic E-state index is 12.8. The summed E-state index contributed by atoms with van der Waals surface area (Å²) in [5.74, 6) is -3.08. The summed E-state index contributed by atoms with van der Waals surface area (Å²) in [5, 5.41) is 19.1. The fraction of sp³-hybridized carbons (Fsp3) is 0.281. The molecule has 0 unspecified atom stereocenters. The third-order valence-electron chi connectivity index (χ3n) is 7.27. The molecule has 230 valence electrons. The minimum Gasteiger partial charge on any atom is -0.449 e. The van der Waals surface area contributed by atoms with E-state index in [1.807, 2.05) is 48.5 Å². The Morgan fingerprint density at radius 1 is 0.773 bits per heavy atom. The van der Waals surface area contributed by atoms with Crippen molar-refractivity contribution in [3.8, 4) is 11.1 Å². The van der Waals surface area contributed by atoms with Crippen LogP contribution in [0.15, 0.2) is 72.8 Å². The van der Waals surface area contributed by atoms with Crippen molar-refractivity contribution in [3.63, 3.8) is 0 Å². The van der Waals surface area contributed by atoms with Crippen LogP contribution in [0.2, 0.25) is 0 Å². The molecule has 12 heteroatoms. The monoisotopic (exact) mass is 601 g/mol. The number of aliphatic hydroxyl groups is 1. The Balaban J connectivity index is 1.27. The van der Waals surface area contributed by atoms with Crippen LogP contribution in [0.1, 0.15) is 42.9 Å². The van der Waals surface area contributed by atoms with Gasteiger partial charge in [0.05, 0.1) is 13.0 Å². The van der Waals surface area contributed by atoms with E-state index in [0.717, 1.165) is 22.3 Å². The number of ether oxygens (including phenoxy) is 1. The lowest BCUT2D eigenvalue weighted by molar-refractivity contribution is -0.132.